The number of esters is 1. The van der Waals surface area contributed by atoms with E-state index in [1.807, 2.05) is 60.7 Å². The Balaban J connectivity index is 1.72. The number of rotatable bonds is 7. The number of hydrogen-bond acceptors (Lipinski definition) is 5. The number of nitrogens with one attached hydrogen (secondary N) is 2. The molecule has 0 radical (unpaired) electrons. The molecule has 0 aliphatic heterocycles. The smallest absolute Gasteiger partial charge is 0.408 e. The highest BCUT2D eigenvalue weighted by Crippen LogP contribution is 2.22. The predicted octanol–water partition coefficient (Wildman–Crippen LogP) is 4.78. The highest BCUT2D eigenvalue weighted by Gasteiger charge is 2.25. The number of hydrogen-bond donors (Lipinski definition) is 2. The van der Waals surface area contributed by atoms with Crippen LogP contribution >= 0.6 is 0 Å². The highest BCUT2D eigenvalue weighted by molar-refractivity contribution is 5.73. The molecule has 31 heavy (non-hydrogen) atoms. The molecule has 0 aliphatic carbocycles. The lowest BCUT2D eigenvalue weighted by atomic mass is 10.1. The van der Waals surface area contributed by atoms with Crippen LogP contribution in [-0.2, 0) is 20.9 Å². The summed E-state index contributed by atoms with van der Waals surface area (Å²) in [4.78, 5) is 32.4. The molecule has 1 heterocycles. The van der Waals surface area contributed by atoms with Gasteiger partial charge in [0.1, 0.15) is 24.1 Å². The van der Waals surface area contributed by atoms with Gasteiger partial charge in [-0.15, -0.1) is 0 Å². The van der Waals surface area contributed by atoms with Crippen molar-refractivity contribution in [2.45, 2.75) is 45.4 Å². The first-order valence-electron chi connectivity index (χ1n) is 10.1. The summed E-state index contributed by atoms with van der Waals surface area (Å²) in [6, 6.07) is 18.3. The number of carbonyl (C=O) groups is 2. The molecular weight excluding hydrogens is 394 g/mol. The fraction of sp³-hybridized carbons (Fsp3) is 0.292. The van der Waals surface area contributed by atoms with Crippen molar-refractivity contribution in [3.63, 3.8) is 0 Å². The number of ether oxygens (including phenoxy) is 2. The molecule has 0 aliphatic rings. The molecule has 2 aromatic carbocycles. The van der Waals surface area contributed by atoms with Crippen molar-refractivity contribution in [2.24, 2.45) is 0 Å². The van der Waals surface area contributed by atoms with E-state index in [1.165, 1.54) is 0 Å². The van der Waals surface area contributed by atoms with E-state index in [1.54, 1.807) is 27.0 Å². The van der Waals surface area contributed by atoms with Crippen LogP contribution in [0.15, 0.2) is 66.9 Å². The van der Waals surface area contributed by atoms with E-state index in [0.29, 0.717) is 5.82 Å². The Morgan fingerprint density at radius 1 is 1.03 bits per heavy atom. The highest BCUT2D eigenvalue weighted by atomic mass is 16.6. The predicted molar refractivity (Wildman–Crippen MR) is 117 cm³/mol. The van der Waals surface area contributed by atoms with Crippen LogP contribution in [0, 0.1) is 0 Å². The zero-order valence-electron chi connectivity index (χ0n) is 17.9. The molecule has 3 rings (SSSR count). The van der Waals surface area contributed by atoms with E-state index >= 15 is 0 Å². The van der Waals surface area contributed by atoms with E-state index in [4.69, 9.17) is 9.47 Å². The number of nitrogens with zero attached hydrogens (tertiary/aromatic N) is 1. The Bertz CT molecular complexity index is 994. The molecule has 162 valence electrons. The monoisotopic (exact) mass is 421 g/mol. The van der Waals surface area contributed by atoms with Gasteiger partial charge in [-0.05, 0) is 31.9 Å². The number of benzene rings is 2. The molecule has 0 fully saturated rings. The number of H-pyrrole nitrogens is 1. The minimum Gasteiger partial charge on any atom is -0.461 e. The zero-order chi connectivity index (χ0) is 22.3. The lowest BCUT2D eigenvalue weighted by Crippen LogP contribution is -2.36. The summed E-state index contributed by atoms with van der Waals surface area (Å²) in [6.45, 7) is 5.48. The number of aromatic amines is 1. The van der Waals surface area contributed by atoms with Crippen LogP contribution in [0.5, 0.6) is 0 Å². The number of carbonyl (C=O) groups excluding carboxylic acids is 2. The van der Waals surface area contributed by atoms with Gasteiger partial charge in [-0.25, -0.2) is 9.78 Å². The van der Waals surface area contributed by atoms with Gasteiger partial charge in [0.25, 0.3) is 0 Å². The van der Waals surface area contributed by atoms with Crippen LogP contribution in [0.4, 0.5) is 4.79 Å². The van der Waals surface area contributed by atoms with Gasteiger partial charge in [0.05, 0.1) is 18.3 Å². The Morgan fingerprint density at radius 3 is 2.32 bits per heavy atom. The molecule has 7 nitrogen and oxygen atoms in total. The van der Waals surface area contributed by atoms with Crippen molar-refractivity contribution < 1.29 is 19.1 Å². The van der Waals surface area contributed by atoms with Crippen LogP contribution < -0.4 is 5.32 Å². The van der Waals surface area contributed by atoms with E-state index in [-0.39, 0.29) is 13.0 Å². The third kappa shape index (κ3) is 6.99. The number of amides is 1. The summed E-state index contributed by atoms with van der Waals surface area (Å²) in [5.74, 6) is -0.0102. The molecule has 0 spiro atoms. The largest absolute Gasteiger partial charge is 0.461 e. The van der Waals surface area contributed by atoms with Gasteiger partial charge in [-0.2, -0.15) is 0 Å². The van der Waals surface area contributed by atoms with Crippen molar-refractivity contribution in [1.29, 1.82) is 0 Å². The first kappa shape index (κ1) is 22.1. The quantitative estimate of drug-likeness (QED) is 0.536. The lowest BCUT2D eigenvalue weighted by Gasteiger charge is -2.22. The van der Waals surface area contributed by atoms with Gasteiger partial charge in [-0.3, -0.25) is 4.79 Å². The second-order valence-corrected chi connectivity index (χ2v) is 8.10. The maximum atomic E-state index is 12.5. The van der Waals surface area contributed by atoms with Crippen molar-refractivity contribution in [2.75, 3.05) is 0 Å². The Morgan fingerprint density at radius 2 is 1.68 bits per heavy atom. The van der Waals surface area contributed by atoms with Crippen molar-refractivity contribution in [3.8, 4) is 11.3 Å². The first-order chi connectivity index (χ1) is 14.8. The van der Waals surface area contributed by atoms with E-state index in [2.05, 4.69) is 15.3 Å². The van der Waals surface area contributed by atoms with Crippen molar-refractivity contribution >= 4 is 12.1 Å². The minimum atomic E-state index is -0.726. The normalized spacial score (nSPS) is 12.1. The molecule has 0 unspecified atom stereocenters. The molecule has 3 aromatic rings. The van der Waals surface area contributed by atoms with Crippen molar-refractivity contribution in [3.05, 3.63) is 78.2 Å². The fourth-order valence-corrected chi connectivity index (χ4v) is 2.91. The molecule has 1 amide bonds. The van der Waals surface area contributed by atoms with E-state index in [9.17, 15) is 9.59 Å². The maximum Gasteiger partial charge on any atom is 0.408 e. The average Bonchev–Trinajstić information content (AvgIpc) is 3.22. The zero-order valence-corrected chi connectivity index (χ0v) is 17.9. The average molecular weight is 421 g/mol. The van der Waals surface area contributed by atoms with E-state index < -0.39 is 23.7 Å². The lowest BCUT2D eigenvalue weighted by molar-refractivity contribution is -0.145. The van der Waals surface area contributed by atoms with Crippen LogP contribution in [0.25, 0.3) is 11.3 Å². The second-order valence-electron chi connectivity index (χ2n) is 8.10. The number of imidazole rings is 1. The van der Waals surface area contributed by atoms with Crippen LogP contribution in [0.2, 0.25) is 0 Å². The molecule has 7 heteroatoms. The third-order valence-corrected chi connectivity index (χ3v) is 4.31. The summed E-state index contributed by atoms with van der Waals surface area (Å²) in [6.07, 6.45) is 0.948. The fourth-order valence-electron chi connectivity index (χ4n) is 2.91. The SMILES string of the molecule is CC(C)(C)OC(=O)N[C@@H](CC(=O)OCc1ccccc1)c1ncc(-c2ccccc2)[nH]1. The standard InChI is InChI=1S/C24H27N3O4/c1-24(2,3)31-23(29)27-19(14-21(28)30-16-17-10-6-4-7-11-17)22-25-15-20(26-22)18-12-8-5-9-13-18/h4-13,15,19H,14,16H2,1-3H3,(H,25,26)(H,27,29)/t19-/m0/s1. The van der Waals surface area contributed by atoms with Crippen LogP contribution in [0.1, 0.15) is 44.6 Å². The molecule has 0 saturated carbocycles. The van der Waals surface area contributed by atoms with E-state index in [0.717, 1.165) is 16.8 Å². The summed E-state index contributed by atoms with van der Waals surface area (Å²) < 4.78 is 10.7. The Hall–Kier alpha value is -3.61. The van der Waals surface area contributed by atoms with Gasteiger partial charge in [0.15, 0.2) is 0 Å². The molecule has 1 atom stereocenters. The first-order valence-corrected chi connectivity index (χ1v) is 10.1. The van der Waals surface area contributed by atoms with Crippen molar-refractivity contribution in [1.82, 2.24) is 15.3 Å². The summed E-state index contributed by atoms with van der Waals surface area (Å²) >= 11 is 0. The molecular formula is C24H27N3O4. The van der Waals surface area contributed by atoms with Gasteiger partial charge >= 0.3 is 12.1 Å². The number of alkyl carbamates (subject to hydrolysis) is 1. The van der Waals surface area contributed by atoms with Crippen LogP contribution in [-0.4, -0.2) is 27.6 Å². The summed E-state index contributed by atoms with van der Waals surface area (Å²) in [5, 5.41) is 2.73. The summed E-state index contributed by atoms with van der Waals surface area (Å²) in [5.41, 5.74) is 1.95. The van der Waals surface area contributed by atoms with Crippen LogP contribution in [0.3, 0.4) is 0 Å². The molecule has 0 saturated heterocycles. The number of aromatic nitrogens is 2. The minimum absolute atomic E-state index is 0.0895. The van der Waals surface area contributed by atoms with Gasteiger partial charge < -0.3 is 19.8 Å². The molecule has 1 aromatic heterocycles. The Kier molecular flexibility index (Phi) is 7.07. The van der Waals surface area contributed by atoms with Gasteiger partial charge in [0, 0.05) is 0 Å². The molecule has 2 N–H and O–H groups in total. The second kappa shape index (κ2) is 9.93. The maximum absolute atomic E-state index is 12.5. The van der Waals surface area contributed by atoms with Gasteiger partial charge in [0.2, 0.25) is 0 Å². The summed E-state index contributed by atoms with van der Waals surface area (Å²) in [7, 11) is 0. The Labute approximate surface area is 181 Å². The third-order valence-electron chi connectivity index (χ3n) is 4.31. The molecule has 0 bridgehead atoms. The van der Waals surface area contributed by atoms with Gasteiger partial charge in [-0.1, -0.05) is 60.7 Å². The topological polar surface area (TPSA) is 93.3 Å².